The standard InChI is InChI=1S/C16H17NO3S/c1-11(18)13-8-15(17(2)9-13)16(19)20-10-12-4-6-14(21-3)7-5-12/h4-9H,10H2,1-3H3. The van der Waals surface area contributed by atoms with Crippen molar-refractivity contribution < 1.29 is 14.3 Å². The second kappa shape index (κ2) is 6.63. The SMILES string of the molecule is CSc1ccc(COC(=O)c2cc(C(C)=O)cn2C)cc1. The Kier molecular flexibility index (Phi) is 4.85. The Morgan fingerprint density at radius 3 is 2.43 bits per heavy atom. The normalized spacial score (nSPS) is 10.4. The van der Waals surface area contributed by atoms with Gasteiger partial charge in [-0.05, 0) is 36.9 Å². The molecular formula is C16H17NO3S. The summed E-state index contributed by atoms with van der Waals surface area (Å²) in [6, 6.07) is 9.41. The summed E-state index contributed by atoms with van der Waals surface area (Å²) in [6.45, 7) is 1.69. The molecule has 0 atom stereocenters. The van der Waals surface area contributed by atoms with Crippen LogP contribution in [0.25, 0.3) is 0 Å². The molecule has 2 rings (SSSR count). The van der Waals surface area contributed by atoms with E-state index in [2.05, 4.69) is 0 Å². The van der Waals surface area contributed by atoms with Gasteiger partial charge in [0.05, 0.1) is 0 Å². The lowest BCUT2D eigenvalue weighted by Crippen LogP contribution is -2.09. The van der Waals surface area contributed by atoms with Crippen molar-refractivity contribution in [3.8, 4) is 0 Å². The molecule has 1 aromatic heterocycles. The molecule has 1 aromatic carbocycles. The molecular weight excluding hydrogens is 286 g/mol. The molecule has 0 spiro atoms. The van der Waals surface area contributed by atoms with E-state index < -0.39 is 5.97 Å². The first-order valence-corrected chi connectivity index (χ1v) is 7.71. The van der Waals surface area contributed by atoms with Gasteiger partial charge in [0.2, 0.25) is 0 Å². The highest BCUT2D eigenvalue weighted by Gasteiger charge is 2.15. The lowest BCUT2D eigenvalue weighted by molar-refractivity contribution is 0.0461. The summed E-state index contributed by atoms with van der Waals surface area (Å²) in [4.78, 5) is 24.5. The van der Waals surface area contributed by atoms with Crippen LogP contribution in [0.15, 0.2) is 41.4 Å². The second-order valence-corrected chi connectivity index (χ2v) is 5.58. The van der Waals surface area contributed by atoms with Crippen LogP contribution in [-0.2, 0) is 18.4 Å². The van der Waals surface area contributed by atoms with Crippen LogP contribution in [0.2, 0.25) is 0 Å². The van der Waals surface area contributed by atoms with Crippen molar-refractivity contribution in [2.75, 3.05) is 6.26 Å². The van der Waals surface area contributed by atoms with Crippen LogP contribution >= 0.6 is 11.8 Å². The molecule has 0 bridgehead atoms. The van der Waals surface area contributed by atoms with Gasteiger partial charge >= 0.3 is 5.97 Å². The number of carbonyl (C=O) groups is 2. The third kappa shape index (κ3) is 3.76. The zero-order valence-electron chi connectivity index (χ0n) is 12.3. The lowest BCUT2D eigenvalue weighted by atomic mass is 10.2. The molecule has 110 valence electrons. The summed E-state index contributed by atoms with van der Waals surface area (Å²) in [5.74, 6) is -0.503. The Morgan fingerprint density at radius 1 is 1.24 bits per heavy atom. The number of thioether (sulfide) groups is 1. The van der Waals surface area contributed by atoms with Crippen LogP contribution < -0.4 is 0 Å². The molecule has 4 nitrogen and oxygen atoms in total. The van der Waals surface area contributed by atoms with Gasteiger partial charge in [-0.2, -0.15) is 0 Å². The van der Waals surface area contributed by atoms with E-state index in [0.717, 1.165) is 5.56 Å². The minimum absolute atomic E-state index is 0.0719. The maximum atomic E-state index is 12.0. The molecule has 0 N–H and O–H groups in total. The number of hydrogen-bond donors (Lipinski definition) is 0. The molecule has 0 saturated heterocycles. The van der Waals surface area contributed by atoms with Crippen molar-refractivity contribution in [1.29, 1.82) is 0 Å². The first-order chi connectivity index (χ1) is 10.0. The van der Waals surface area contributed by atoms with Gasteiger partial charge in [0.15, 0.2) is 5.78 Å². The number of esters is 1. The molecule has 0 amide bonds. The van der Waals surface area contributed by atoms with E-state index in [4.69, 9.17) is 4.74 Å². The zero-order valence-corrected chi connectivity index (χ0v) is 13.1. The molecule has 0 aliphatic rings. The number of rotatable bonds is 5. The fourth-order valence-corrected chi connectivity index (χ4v) is 2.31. The average molecular weight is 303 g/mol. The molecule has 0 fully saturated rings. The maximum absolute atomic E-state index is 12.0. The van der Waals surface area contributed by atoms with Crippen molar-refractivity contribution in [2.45, 2.75) is 18.4 Å². The number of aryl methyl sites for hydroxylation is 1. The van der Waals surface area contributed by atoms with E-state index in [0.29, 0.717) is 11.3 Å². The van der Waals surface area contributed by atoms with Crippen LogP contribution in [0, 0.1) is 0 Å². The van der Waals surface area contributed by atoms with Gasteiger partial charge in [-0.1, -0.05) is 12.1 Å². The number of ether oxygens (including phenoxy) is 1. The highest BCUT2D eigenvalue weighted by atomic mass is 32.2. The minimum Gasteiger partial charge on any atom is -0.456 e. The Morgan fingerprint density at radius 2 is 1.90 bits per heavy atom. The molecule has 0 unspecified atom stereocenters. The van der Waals surface area contributed by atoms with Gasteiger partial charge in [-0.3, -0.25) is 4.79 Å². The monoisotopic (exact) mass is 303 g/mol. The molecule has 0 saturated carbocycles. The number of nitrogens with zero attached hydrogens (tertiary/aromatic N) is 1. The van der Waals surface area contributed by atoms with E-state index >= 15 is 0 Å². The van der Waals surface area contributed by atoms with E-state index in [1.807, 2.05) is 30.5 Å². The molecule has 2 aromatic rings. The highest BCUT2D eigenvalue weighted by molar-refractivity contribution is 7.98. The Balaban J connectivity index is 2.02. The predicted molar refractivity (Wildman–Crippen MR) is 82.8 cm³/mol. The van der Waals surface area contributed by atoms with Gasteiger partial charge in [0, 0.05) is 23.7 Å². The number of aromatic nitrogens is 1. The molecule has 1 heterocycles. The summed E-state index contributed by atoms with van der Waals surface area (Å²) >= 11 is 1.66. The number of hydrogen-bond acceptors (Lipinski definition) is 4. The zero-order chi connectivity index (χ0) is 15.4. The third-order valence-electron chi connectivity index (χ3n) is 3.15. The predicted octanol–water partition coefficient (Wildman–Crippen LogP) is 3.31. The molecule has 0 aliphatic heterocycles. The highest BCUT2D eigenvalue weighted by Crippen LogP contribution is 2.16. The van der Waals surface area contributed by atoms with Crippen molar-refractivity contribution in [2.24, 2.45) is 7.05 Å². The molecule has 5 heteroatoms. The number of ketones is 1. The van der Waals surface area contributed by atoms with Gasteiger partial charge in [-0.25, -0.2) is 4.79 Å². The average Bonchev–Trinajstić information content (AvgIpc) is 2.87. The quantitative estimate of drug-likeness (QED) is 0.483. The minimum atomic E-state index is -0.432. The summed E-state index contributed by atoms with van der Waals surface area (Å²) < 4.78 is 6.89. The molecule has 0 radical (unpaired) electrons. The smallest absolute Gasteiger partial charge is 0.355 e. The Bertz CT molecular complexity index is 659. The first kappa shape index (κ1) is 15.4. The summed E-state index contributed by atoms with van der Waals surface area (Å²) in [7, 11) is 1.72. The topological polar surface area (TPSA) is 48.3 Å². The van der Waals surface area contributed by atoms with E-state index in [1.165, 1.54) is 11.8 Å². The Labute approximate surface area is 128 Å². The largest absolute Gasteiger partial charge is 0.456 e. The number of benzene rings is 1. The van der Waals surface area contributed by atoms with E-state index in [9.17, 15) is 9.59 Å². The number of carbonyl (C=O) groups excluding carboxylic acids is 2. The summed E-state index contributed by atoms with van der Waals surface area (Å²) in [5, 5.41) is 0. The third-order valence-corrected chi connectivity index (χ3v) is 3.89. The fraction of sp³-hybridized carbons (Fsp3) is 0.250. The lowest BCUT2D eigenvalue weighted by Gasteiger charge is -2.06. The van der Waals surface area contributed by atoms with Gasteiger partial charge in [-0.15, -0.1) is 11.8 Å². The van der Waals surface area contributed by atoms with Crippen molar-refractivity contribution in [3.05, 3.63) is 53.3 Å². The van der Waals surface area contributed by atoms with Gasteiger partial charge in [0.1, 0.15) is 12.3 Å². The summed E-state index contributed by atoms with van der Waals surface area (Å²) in [6.07, 6.45) is 3.64. The van der Waals surface area contributed by atoms with Crippen molar-refractivity contribution in [1.82, 2.24) is 4.57 Å². The van der Waals surface area contributed by atoms with Crippen LogP contribution in [0.5, 0.6) is 0 Å². The molecule has 0 aliphatic carbocycles. The van der Waals surface area contributed by atoms with Crippen molar-refractivity contribution in [3.63, 3.8) is 0 Å². The van der Waals surface area contributed by atoms with Gasteiger partial charge < -0.3 is 9.30 Å². The van der Waals surface area contributed by atoms with Gasteiger partial charge in [0.25, 0.3) is 0 Å². The van der Waals surface area contributed by atoms with Crippen LogP contribution in [0.4, 0.5) is 0 Å². The Hall–Kier alpha value is -2.01. The maximum Gasteiger partial charge on any atom is 0.355 e. The fourth-order valence-electron chi connectivity index (χ4n) is 1.90. The number of Topliss-reactive ketones (excluding diaryl/α,β-unsaturated/α-hetero) is 1. The van der Waals surface area contributed by atoms with Crippen LogP contribution in [0.1, 0.15) is 33.3 Å². The van der Waals surface area contributed by atoms with Crippen LogP contribution in [-0.4, -0.2) is 22.6 Å². The van der Waals surface area contributed by atoms with E-state index in [1.54, 1.807) is 35.6 Å². The first-order valence-electron chi connectivity index (χ1n) is 6.48. The van der Waals surface area contributed by atoms with Crippen LogP contribution in [0.3, 0.4) is 0 Å². The summed E-state index contributed by atoms with van der Waals surface area (Å²) in [5.41, 5.74) is 1.82. The van der Waals surface area contributed by atoms with E-state index in [-0.39, 0.29) is 12.4 Å². The second-order valence-electron chi connectivity index (χ2n) is 4.71. The van der Waals surface area contributed by atoms with Crippen molar-refractivity contribution >= 4 is 23.5 Å². The molecule has 21 heavy (non-hydrogen) atoms.